The van der Waals surface area contributed by atoms with Crippen LogP contribution in [0, 0.1) is 6.92 Å². The van der Waals surface area contributed by atoms with E-state index in [2.05, 4.69) is 18.8 Å². The van der Waals surface area contributed by atoms with Gasteiger partial charge in [0.1, 0.15) is 0 Å². The van der Waals surface area contributed by atoms with Gasteiger partial charge in [-0.2, -0.15) is 0 Å². The molecule has 15 heavy (non-hydrogen) atoms. The number of nitrogens with zero attached hydrogens (tertiary/aromatic N) is 1. The Bertz CT molecular complexity index is 344. The number of aromatic nitrogens is 1. The predicted molar refractivity (Wildman–Crippen MR) is 61.5 cm³/mol. The van der Waals surface area contributed by atoms with Gasteiger partial charge in [0.05, 0.1) is 10.7 Å². The third-order valence-electron chi connectivity index (χ3n) is 2.20. The van der Waals surface area contributed by atoms with E-state index in [-0.39, 0.29) is 6.42 Å². The number of hydrogen-bond acceptors (Lipinski definition) is 3. The van der Waals surface area contributed by atoms with Crippen LogP contribution in [0.3, 0.4) is 0 Å². The van der Waals surface area contributed by atoms with Crippen molar-refractivity contribution < 1.29 is 9.90 Å². The van der Waals surface area contributed by atoms with E-state index in [9.17, 15) is 4.79 Å². The molecule has 1 rings (SSSR count). The zero-order valence-electron chi connectivity index (χ0n) is 9.41. The summed E-state index contributed by atoms with van der Waals surface area (Å²) in [6.07, 6.45) is 1.78. The fraction of sp³-hybridized carbons (Fsp3) is 0.636. The van der Waals surface area contributed by atoms with Gasteiger partial charge in [-0.05, 0) is 19.8 Å². The molecule has 0 atom stereocenters. The molecule has 0 bridgehead atoms. The number of hydrogen-bond donors (Lipinski definition) is 1. The van der Waals surface area contributed by atoms with Gasteiger partial charge in [0.15, 0.2) is 0 Å². The Hall–Kier alpha value is -0.900. The van der Waals surface area contributed by atoms with Crippen molar-refractivity contribution in [1.29, 1.82) is 0 Å². The molecule has 0 aliphatic rings. The topological polar surface area (TPSA) is 50.2 Å². The third-order valence-corrected chi connectivity index (χ3v) is 3.72. The first kappa shape index (κ1) is 12.2. The van der Waals surface area contributed by atoms with Crippen LogP contribution in [0.4, 0.5) is 0 Å². The van der Waals surface area contributed by atoms with Crippen LogP contribution in [0.25, 0.3) is 0 Å². The Morgan fingerprint density at radius 3 is 2.67 bits per heavy atom. The van der Waals surface area contributed by atoms with E-state index >= 15 is 0 Å². The van der Waals surface area contributed by atoms with Gasteiger partial charge in [-0.15, -0.1) is 11.3 Å². The zero-order chi connectivity index (χ0) is 11.4. The van der Waals surface area contributed by atoms with Crippen molar-refractivity contribution in [3.05, 3.63) is 15.6 Å². The molecule has 1 heterocycles. The lowest BCUT2D eigenvalue weighted by molar-refractivity contribution is -0.137. The summed E-state index contributed by atoms with van der Waals surface area (Å²) in [6, 6.07) is 0. The summed E-state index contributed by atoms with van der Waals surface area (Å²) in [5, 5.41) is 9.69. The van der Waals surface area contributed by atoms with Gasteiger partial charge in [0, 0.05) is 17.2 Å². The summed E-state index contributed by atoms with van der Waals surface area (Å²) in [5.41, 5.74) is 1.06. The summed E-state index contributed by atoms with van der Waals surface area (Å²) < 4.78 is 0. The van der Waals surface area contributed by atoms with E-state index in [0.29, 0.717) is 12.3 Å². The highest BCUT2D eigenvalue weighted by Crippen LogP contribution is 2.25. The zero-order valence-corrected chi connectivity index (χ0v) is 10.2. The first-order chi connectivity index (χ1) is 7.00. The molecule has 1 aromatic heterocycles. The van der Waals surface area contributed by atoms with E-state index in [1.54, 1.807) is 11.3 Å². The van der Waals surface area contributed by atoms with E-state index in [1.807, 2.05) is 6.92 Å². The van der Waals surface area contributed by atoms with Crippen LogP contribution in [-0.4, -0.2) is 16.1 Å². The highest BCUT2D eigenvalue weighted by atomic mass is 32.1. The lowest BCUT2D eigenvalue weighted by Gasteiger charge is -1.96. The molecule has 3 nitrogen and oxygen atoms in total. The maximum absolute atomic E-state index is 10.4. The first-order valence-corrected chi connectivity index (χ1v) is 6.00. The second-order valence-electron chi connectivity index (χ2n) is 3.96. The molecular formula is C11H17NO2S. The van der Waals surface area contributed by atoms with E-state index in [1.165, 1.54) is 4.88 Å². The Morgan fingerprint density at radius 1 is 1.53 bits per heavy atom. The van der Waals surface area contributed by atoms with Crippen LogP contribution in [0.5, 0.6) is 0 Å². The van der Waals surface area contributed by atoms with Crippen LogP contribution < -0.4 is 0 Å². The molecule has 84 valence electrons. The largest absolute Gasteiger partial charge is 0.481 e. The van der Waals surface area contributed by atoms with Crippen LogP contribution in [0.15, 0.2) is 0 Å². The van der Waals surface area contributed by atoms with Crippen molar-refractivity contribution in [2.45, 2.75) is 46.0 Å². The Kier molecular flexibility index (Phi) is 4.27. The molecular weight excluding hydrogens is 210 g/mol. The second-order valence-corrected chi connectivity index (χ2v) is 5.08. The molecule has 0 saturated carbocycles. The molecule has 0 aromatic carbocycles. The highest BCUT2D eigenvalue weighted by Gasteiger charge is 2.10. The number of rotatable bonds is 5. The Balaban J connectivity index is 2.57. The minimum atomic E-state index is -0.721. The molecule has 0 unspecified atom stereocenters. The summed E-state index contributed by atoms with van der Waals surface area (Å²) in [4.78, 5) is 16.1. The van der Waals surface area contributed by atoms with Crippen molar-refractivity contribution in [3.63, 3.8) is 0 Å². The quantitative estimate of drug-likeness (QED) is 0.841. The normalized spacial score (nSPS) is 10.9. The number of aliphatic carboxylic acids is 1. The second kappa shape index (κ2) is 5.26. The molecule has 0 spiro atoms. The van der Waals surface area contributed by atoms with Gasteiger partial charge in [-0.1, -0.05) is 13.8 Å². The summed E-state index contributed by atoms with van der Waals surface area (Å²) >= 11 is 1.72. The van der Waals surface area contributed by atoms with Crippen molar-refractivity contribution in [3.8, 4) is 0 Å². The summed E-state index contributed by atoms with van der Waals surface area (Å²) in [6.45, 7) is 6.25. The average Bonchev–Trinajstić information content (AvgIpc) is 2.47. The third kappa shape index (κ3) is 3.63. The number of aryl methyl sites for hydroxylation is 2. The number of carboxylic acid groups (broad SMARTS) is 1. The van der Waals surface area contributed by atoms with Crippen LogP contribution in [-0.2, 0) is 11.2 Å². The van der Waals surface area contributed by atoms with Crippen molar-refractivity contribution in [2.24, 2.45) is 0 Å². The maximum Gasteiger partial charge on any atom is 0.303 e. The van der Waals surface area contributed by atoms with Crippen LogP contribution in [0.1, 0.15) is 48.2 Å². The maximum atomic E-state index is 10.4. The van der Waals surface area contributed by atoms with Gasteiger partial charge in [0.25, 0.3) is 0 Å². The van der Waals surface area contributed by atoms with Gasteiger partial charge in [0.2, 0.25) is 0 Å². The standard InChI is InChI=1S/C11H17NO2S/c1-7(2)11-12-8(3)9(15-11)5-4-6-10(13)14/h7H,4-6H2,1-3H3,(H,13,14). The molecule has 0 aliphatic carbocycles. The highest BCUT2D eigenvalue weighted by molar-refractivity contribution is 7.11. The molecule has 1 N–H and O–H groups in total. The predicted octanol–water partition coefficient (Wildman–Crippen LogP) is 2.98. The van der Waals surface area contributed by atoms with Crippen molar-refractivity contribution >= 4 is 17.3 Å². The first-order valence-electron chi connectivity index (χ1n) is 5.18. The van der Waals surface area contributed by atoms with Crippen LogP contribution >= 0.6 is 11.3 Å². The van der Waals surface area contributed by atoms with E-state index in [4.69, 9.17) is 5.11 Å². The van der Waals surface area contributed by atoms with Gasteiger partial charge in [-0.3, -0.25) is 4.79 Å². The Labute approximate surface area is 94.2 Å². The Morgan fingerprint density at radius 2 is 2.20 bits per heavy atom. The van der Waals surface area contributed by atoms with Crippen LogP contribution in [0.2, 0.25) is 0 Å². The monoisotopic (exact) mass is 227 g/mol. The fourth-order valence-electron chi connectivity index (χ4n) is 1.33. The number of carbonyl (C=O) groups is 1. The SMILES string of the molecule is Cc1nc(C(C)C)sc1CCCC(=O)O. The molecule has 0 radical (unpaired) electrons. The molecule has 0 amide bonds. The lowest BCUT2D eigenvalue weighted by atomic mass is 10.2. The smallest absolute Gasteiger partial charge is 0.303 e. The minimum absolute atomic E-state index is 0.244. The average molecular weight is 227 g/mol. The lowest BCUT2D eigenvalue weighted by Crippen LogP contribution is -1.95. The molecule has 0 aliphatic heterocycles. The van der Waals surface area contributed by atoms with Gasteiger partial charge >= 0.3 is 5.97 Å². The minimum Gasteiger partial charge on any atom is -0.481 e. The molecule has 1 aromatic rings. The molecule has 0 fully saturated rings. The van der Waals surface area contributed by atoms with E-state index in [0.717, 1.165) is 17.1 Å². The summed E-state index contributed by atoms with van der Waals surface area (Å²) in [7, 11) is 0. The van der Waals surface area contributed by atoms with Crippen molar-refractivity contribution in [2.75, 3.05) is 0 Å². The molecule has 0 saturated heterocycles. The van der Waals surface area contributed by atoms with Crippen molar-refractivity contribution in [1.82, 2.24) is 4.98 Å². The fourth-order valence-corrected chi connectivity index (χ4v) is 2.44. The van der Waals surface area contributed by atoms with Gasteiger partial charge < -0.3 is 5.11 Å². The number of thiazole rings is 1. The number of carboxylic acids is 1. The molecule has 4 heteroatoms. The summed E-state index contributed by atoms with van der Waals surface area (Å²) in [5.74, 6) is -0.261. The van der Waals surface area contributed by atoms with Gasteiger partial charge in [-0.25, -0.2) is 4.98 Å². The van der Waals surface area contributed by atoms with E-state index < -0.39 is 5.97 Å².